The standard InChI is InChI=1S/C15H19N3O3/c1-2-21-13-5-3-12(4-6-13)11-15(20)18-10-9-17-14(19)7-8-16/h3-6H,2,7,9-11H2,1H3,(H,17,19)(H,18,20). The third kappa shape index (κ3) is 6.97. The highest BCUT2D eigenvalue weighted by Gasteiger charge is 2.04. The first kappa shape index (κ1) is 16.5. The Bertz CT molecular complexity index is 506. The van der Waals surface area contributed by atoms with Gasteiger partial charge in [-0.1, -0.05) is 12.1 Å². The Balaban J connectivity index is 2.24. The molecule has 0 bridgehead atoms. The van der Waals surface area contributed by atoms with Crippen molar-refractivity contribution >= 4 is 11.8 Å². The molecular weight excluding hydrogens is 270 g/mol. The monoisotopic (exact) mass is 289 g/mol. The number of hydrogen-bond donors (Lipinski definition) is 2. The number of benzene rings is 1. The average molecular weight is 289 g/mol. The van der Waals surface area contributed by atoms with E-state index >= 15 is 0 Å². The molecule has 0 radical (unpaired) electrons. The molecule has 0 saturated heterocycles. The Hall–Kier alpha value is -2.55. The van der Waals surface area contributed by atoms with E-state index in [1.54, 1.807) is 6.07 Å². The summed E-state index contributed by atoms with van der Waals surface area (Å²) in [6.45, 7) is 3.18. The van der Waals surface area contributed by atoms with Gasteiger partial charge in [-0.2, -0.15) is 5.26 Å². The summed E-state index contributed by atoms with van der Waals surface area (Å²) in [5.41, 5.74) is 0.893. The minimum Gasteiger partial charge on any atom is -0.494 e. The highest BCUT2D eigenvalue weighted by atomic mass is 16.5. The summed E-state index contributed by atoms with van der Waals surface area (Å²) in [7, 11) is 0. The van der Waals surface area contributed by atoms with Crippen molar-refractivity contribution in [2.24, 2.45) is 0 Å². The second-order valence-corrected chi connectivity index (χ2v) is 4.29. The van der Waals surface area contributed by atoms with Gasteiger partial charge in [0.1, 0.15) is 12.2 Å². The van der Waals surface area contributed by atoms with Gasteiger partial charge in [-0.3, -0.25) is 9.59 Å². The Morgan fingerprint density at radius 3 is 2.33 bits per heavy atom. The van der Waals surface area contributed by atoms with Crippen LogP contribution in [0.15, 0.2) is 24.3 Å². The normalized spacial score (nSPS) is 9.52. The van der Waals surface area contributed by atoms with Crippen LogP contribution in [0, 0.1) is 11.3 Å². The number of carbonyl (C=O) groups excluding carboxylic acids is 2. The Labute approximate surface area is 124 Å². The van der Waals surface area contributed by atoms with Gasteiger partial charge in [0.15, 0.2) is 0 Å². The lowest BCUT2D eigenvalue weighted by Gasteiger charge is -2.07. The Kier molecular flexibility index (Phi) is 7.36. The number of carbonyl (C=O) groups is 2. The molecule has 6 heteroatoms. The largest absolute Gasteiger partial charge is 0.494 e. The minimum atomic E-state index is -0.335. The van der Waals surface area contributed by atoms with Crippen LogP contribution in [0.2, 0.25) is 0 Å². The predicted octanol–water partition coefficient (Wildman–Crippen LogP) is 0.774. The van der Waals surface area contributed by atoms with Gasteiger partial charge in [0.2, 0.25) is 11.8 Å². The fourth-order valence-electron chi connectivity index (χ4n) is 1.66. The van der Waals surface area contributed by atoms with E-state index in [4.69, 9.17) is 10.00 Å². The van der Waals surface area contributed by atoms with Crippen LogP contribution in [0.5, 0.6) is 5.75 Å². The summed E-state index contributed by atoms with van der Waals surface area (Å²) in [5.74, 6) is 0.328. The van der Waals surface area contributed by atoms with Crippen molar-refractivity contribution in [2.45, 2.75) is 19.8 Å². The van der Waals surface area contributed by atoms with Gasteiger partial charge in [0.05, 0.1) is 19.1 Å². The second kappa shape index (κ2) is 9.37. The molecule has 1 aromatic carbocycles. The number of ether oxygens (including phenoxy) is 1. The lowest BCUT2D eigenvalue weighted by Crippen LogP contribution is -2.35. The molecule has 0 aromatic heterocycles. The molecule has 0 unspecified atom stereocenters. The summed E-state index contributed by atoms with van der Waals surface area (Å²) >= 11 is 0. The van der Waals surface area contributed by atoms with E-state index in [0.717, 1.165) is 11.3 Å². The zero-order chi connectivity index (χ0) is 15.5. The molecule has 21 heavy (non-hydrogen) atoms. The quantitative estimate of drug-likeness (QED) is 0.692. The smallest absolute Gasteiger partial charge is 0.234 e. The van der Waals surface area contributed by atoms with Crippen molar-refractivity contribution in [3.63, 3.8) is 0 Å². The number of nitrogens with one attached hydrogen (secondary N) is 2. The highest BCUT2D eigenvalue weighted by Crippen LogP contribution is 2.12. The van der Waals surface area contributed by atoms with Gasteiger partial charge >= 0.3 is 0 Å². The average Bonchev–Trinajstić information content (AvgIpc) is 2.46. The van der Waals surface area contributed by atoms with Crippen molar-refractivity contribution in [1.82, 2.24) is 10.6 Å². The summed E-state index contributed by atoms with van der Waals surface area (Å²) in [4.78, 5) is 22.7. The molecule has 1 rings (SSSR count). The first-order valence-corrected chi connectivity index (χ1v) is 6.77. The molecule has 0 heterocycles. The maximum Gasteiger partial charge on any atom is 0.234 e. The van der Waals surface area contributed by atoms with Crippen LogP contribution >= 0.6 is 0 Å². The van der Waals surface area contributed by atoms with Crippen LogP contribution in [0.25, 0.3) is 0 Å². The van der Waals surface area contributed by atoms with Crippen molar-refractivity contribution in [1.29, 1.82) is 5.26 Å². The molecule has 0 aliphatic heterocycles. The zero-order valence-corrected chi connectivity index (χ0v) is 12.0. The van der Waals surface area contributed by atoms with Gasteiger partial charge in [0.25, 0.3) is 0 Å². The van der Waals surface area contributed by atoms with Crippen molar-refractivity contribution < 1.29 is 14.3 Å². The third-order valence-corrected chi connectivity index (χ3v) is 2.61. The van der Waals surface area contributed by atoms with E-state index in [9.17, 15) is 9.59 Å². The maximum absolute atomic E-state index is 11.7. The number of rotatable bonds is 8. The maximum atomic E-state index is 11.7. The summed E-state index contributed by atoms with van der Waals surface area (Å²) in [6, 6.07) is 9.10. The van der Waals surface area contributed by atoms with E-state index in [-0.39, 0.29) is 24.7 Å². The summed E-state index contributed by atoms with van der Waals surface area (Å²) in [5, 5.41) is 13.5. The van der Waals surface area contributed by atoms with Crippen LogP contribution < -0.4 is 15.4 Å². The number of amides is 2. The van der Waals surface area contributed by atoms with Crippen molar-refractivity contribution in [2.75, 3.05) is 19.7 Å². The van der Waals surface area contributed by atoms with E-state index in [1.807, 2.05) is 31.2 Å². The molecule has 0 atom stereocenters. The molecule has 0 saturated carbocycles. The molecule has 6 nitrogen and oxygen atoms in total. The van der Waals surface area contributed by atoms with E-state index in [0.29, 0.717) is 19.7 Å². The van der Waals surface area contributed by atoms with Crippen LogP contribution in [0.3, 0.4) is 0 Å². The summed E-state index contributed by atoms with van der Waals surface area (Å²) in [6.07, 6.45) is 0.110. The molecule has 0 aliphatic rings. The molecule has 1 aromatic rings. The van der Waals surface area contributed by atoms with Gasteiger partial charge in [-0.05, 0) is 24.6 Å². The van der Waals surface area contributed by atoms with Gasteiger partial charge in [-0.25, -0.2) is 0 Å². The third-order valence-electron chi connectivity index (χ3n) is 2.61. The van der Waals surface area contributed by atoms with Crippen LogP contribution in [0.4, 0.5) is 0 Å². The number of hydrogen-bond acceptors (Lipinski definition) is 4. The van der Waals surface area contributed by atoms with Gasteiger partial charge < -0.3 is 15.4 Å². The fraction of sp³-hybridized carbons (Fsp3) is 0.400. The zero-order valence-electron chi connectivity index (χ0n) is 12.0. The molecule has 2 N–H and O–H groups in total. The fourth-order valence-corrected chi connectivity index (χ4v) is 1.66. The van der Waals surface area contributed by atoms with E-state index in [1.165, 1.54) is 0 Å². The molecule has 0 aliphatic carbocycles. The van der Waals surface area contributed by atoms with Gasteiger partial charge in [0, 0.05) is 13.1 Å². The van der Waals surface area contributed by atoms with Crippen molar-refractivity contribution in [3.05, 3.63) is 29.8 Å². The topological polar surface area (TPSA) is 91.2 Å². The van der Waals surface area contributed by atoms with E-state index in [2.05, 4.69) is 10.6 Å². The molecule has 112 valence electrons. The van der Waals surface area contributed by atoms with Crippen LogP contribution in [-0.4, -0.2) is 31.5 Å². The van der Waals surface area contributed by atoms with Crippen LogP contribution in [0.1, 0.15) is 18.9 Å². The molecule has 2 amide bonds. The summed E-state index contributed by atoms with van der Waals surface area (Å²) < 4.78 is 5.32. The van der Waals surface area contributed by atoms with Crippen LogP contribution in [-0.2, 0) is 16.0 Å². The predicted molar refractivity (Wildman–Crippen MR) is 77.6 cm³/mol. The van der Waals surface area contributed by atoms with E-state index < -0.39 is 0 Å². The van der Waals surface area contributed by atoms with Gasteiger partial charge in [-0.15, -0.1) is 0 Å². The number of nitriles is 1. The van der Waals surface area contributed by atoms with Crippen molar-refractivity contribution in [3.8, 4) is 11.8 Å². The number of nitrogens with zero attached hydrogens (tertiary/aromatic N) is 1. The SMILES string of the molecule is CCOc1ccc(CC(=O)NCCNC(=O)CC#N)cc1. The lowest BCUT2D eigenvalue weighted by molar-refractivity contribution is -0.122. The first-order chi connectivity index (χ1) is 10.2. The minimum absolute atomic E-state index is 0.117. The highest BCUT2D eigenvalue weighted by molar-refractivity contribution is 5.79. The molecular formula is C15H19N3O3. The molecule has 0 fully saturated rings. The molecule has 0 spiro atoms. The second-order valence-electron chi connectivity index (χ2n) is 4.29. The lowest BCUT2D eigenvalue weighted by atomic mass is 10.1. The Morgan fingerprint density at radius 2 is 1.76 bits per heavy atom. The first-order valence-electron chi connectivity index (χ1n) is 6.77. The Morgan fingerprint density at radius 1 is 1.14 bits per heavy atom.